The topological polar surface area (TPSA) is 92.4 Å². The van der Waals surface area contributed by atoms with Crippen molar-refractivity contribution in [1.29, 1.82) is 0 Å². The van der Waals surface area contributed by atoms with Crippen molar-refractivity contribution in [3.63, 3.8) is 0 Å². The Kier molecular flexibility index (Phi) is 5.77. The minimum absolute atomic E-state index is 0.192. The average molecular weight is 276 g/mol. The number of carbonyl (C=O) groups excluding carboxylic acids is 1. The van der Waals surface area contributed by atoms with E-state index in [0.717, 1.165) is 5.56 Å². The molecule has 0 fully saturated rings. The standard InChI is InChI=1S/C15H20N2O3/c1-10(2)9-13(15(19)20)17-14(18)8-5-11-3-6-12(16)7-4-11/h3-8,10,13H,9,16H2,1-2H3,(H,17,18)(H,19,20)/b8-5+/t13-/m0/s1. The van der Waals surface area contributed by atoms with Crippen LogP contribution in [0.5, 0.6) is 0 Å². The molecule has 0 aliphatic heterocycles. The maximum Gasteiger partial charge on any atom is 0.326 e. The fourth-order valence-corrected chi connectivity index (χ4v) is 1.69. The zero-order valence-electron chi connectivity index (χ0n) is 11.7. The van der Waals surface area contributed by atoms with Gasteiger partial charge in [-0.1, -0.05) is 26.0 Å². The van der Waals surface area contributed by atoms with Crippen molar-refractivity contribution in [3.05, 3.63) is 35.9 Å². The molecule has 1 aromatic rings. The molecule has 5 heteroatoms. The van der Waals surface area contributed by atoms with Gasteiger partial charge in [-0.3, -0.25) is 4.79 Å². The Bertz CT molecular complexity index is 492. The van der Waals surface area contributed by atoms with Gasteiger partial charge in [0.1, 0.15) is 6.04 Å². The van der Waals surface area contributed by atoms with Crippen molar-refractivity contribution in [1.82, 2.24) is 5.32 Å². The van der Waals surface area contributed by atoms with E-state index in [1.807, 2.05) is 13.8 Å². The smallest absolute Gasteiger partial charge is 0.326 e. The first kappa shape index (κ1) is 15.8. The van der Waals surface area contributed by atoms with Crippen molar-refractivity contribution in [2.24, 2.45) is 5.92 Å². The van der Waals surface area contributed by atoms with E-state index >= 15 is 0 Å². The molecule has 0 spiro atoms. The van der Waals surface area contributed by atoms with Crippen LogP contribution in [0, 0.1) is 5.92 Å². The second-order valence-corrected chi connectivity index (χ2v) is 5.03. The Morgan fingerprint density at radius 3 is 2.40 bits per heavy atom. The molecule has 1 aromatic carbocycles. The lowest BCUT2D eigenvalue weighted by atomic mass is 10.0. The third-order valence-electron chi connectivity index (χ3n) is 2.69. The van der Waals surface area contributed by atoms with E-state index in [1.165, 1.54) is 6.08 Å². The van der Waals surface area contributed by atoms with Crippen molar-refractivity contribution in [3.8, 4) is 0 Å². The van der Waals surface area contributed by atoms with Crippen molar-refractivity contribution in [2.75, 3.05) is 5.73 Å². The quantitative estimate of drug-likeness (QED) is 0.546. The summed E-state index contributed by atoms with van der Waals surface area (Å²) in [6.07, 6.45) is 3.33. The Morgan fingerprint density at radius 1 is 1.30 bits per heavy atom. The first-order chi connectivity index (χ1) is 9.38. The lowest BCUT2D eigenvalue weighted by molar-refractivity contribution is -0.141. The lowest BCUT2D eigenvalue weighted by Crippen LogP contribution is -2.40. The number of carbonyl (C=O) groups is 2. The fraction of sp³-hybridized carbons (Fsp3) is 0.333. The number of nitrogens with one attached hydrogen (secondary N) is 1. The highest BCUT2D eigenvalue weighted by atomic mass is 16.4. The van der Waals surface area contributed by atoms with Gasteiger partial charge in [-0.2, -0.15) is 0 Å². The number of hydrogen-bond donors (Lipinski definition) is 3. The van der Waals surface area contributed by atoms with Crippen LogP contribution in [-0.2, 0) is 9.59 Å². The Morgan fingerprint density at radius 2 is 1.90 bits per heavy atom. The average Bonchev–Trinajstić information content (AvgIpc) is 2.36. The Hall–Kier alpha value is -2.30. The van der Waals surface area contributed by atoms with Gasteiger partial charge in [0, 0.05) is 11.8 Å². The molecule has 0 heterocycles. The summed E-state index contributed by atoms with van der Waals surface area (Å²) >= 11 is 0. The van der Waals surface area contributed by atoms with Crippen LogP contribution in [-0.4, -0.2) is 23.0 Å². The summed E-state index contributed by atoms with van der Waals surface area (Å²) in [6.45, 7) is 3.82. The Labute approximate surface area is 118 Å². The molecule has 20 heavy (non-hydrogen) atoms. The third kappa shape index (κ3) is 5.56. The second kappa shape index (κ2) is 7.33. The number of nitrogens with two attached hydrogens (primary N) is 1. The van der Waals surface area contributed by atoms with E-state index in [2.05, 4.69) is 5.32 Å². The summed E-state index contributed by atoms with van der Waals surface area (Å²) in [5.41, 5.74) is 7.03. The molecule has 108 valence electrons. The molecule has 5 nitrogen and oxygen atoms in total. The van der Waals surface area contributed by atoms with Gasteiger partial charge in [-0.25, -0.2) is 4.79 Å². The monoisotopic (exact) mass is 276 g/mol. The number of amides is 1. The molecule has 0 unspecified atom stereocenters. The number of anilines is 1. The van der Waals surface area contributed by atoms with Crippen LogP contribution in [0.15, 0.2) is 30.3 Å². The number of aliphatic carboxylic acids is 1. The van der Waals surface area contributed by atoms with Crippen LogP contribution in [0.1, 0.15) is 25.8 Å². The van der Waals surface area contributed by atoms with E-state index in [-0.39, 0.29) is 5.92 Å². The number of rotatable bonds is 6. The summed E-state index contributed by atoms with van der Waals surface area (Å²) in [4.78, 5) is 22.7. The number of benzene rings is 1. The number of carboxylic acid groups (broad SMARTS) is 1. The first-order valence-corrected chi connectivity index (χ1v) is 6.45. The summed E-state index contributed by atoms with van der Waals surface area (Å²) in [5, 5.41) is 11.5. The van der Waals surface area contributed by atoms with Gasteiger partial charge in [-0.15, -0.1) is 0 Å². The number of hydrogen-bond acceptors (Lipinski definition) is 3. The fourth-order valence-electron chi connectivity index (χ4n) is 1.69. The summed E-state index contributed by atoms with van der Waals surface area (Å²) in [5.74, 6) is -1.25. The SMILES string of the molecule is CC(C)C[C@H](NC(=O)/C=C/c1ccc(N)cc1)C(=O)O. The van der Waals surface area contributed by atoms with Crippen molar-refractivity contribution < 1.29 is 14.7 Å². The molecule has 0 saturated heterocycles. The number of carboxylic acids is 1. The van der Waals surface area contributed by atoms with Crippen molar-refractivity contribution in [2.45, 2.75) is 26.3 Å². The minimum Gasteiger partial charge on any atom is -0.480 e. The van der Waals surface area contributed by atoms with Gasteiger partial charge >= 0.3 is 5.97 Å². The molecule has 1 atom stereocenters. The second-order valence-electron chi connectivity index (χ2n) is 5.03. The minimum atomic E-state index is -1.02. The molecule has 0 radical (unpaired) electrons. The molecule has 0 aliphatic rings. The molecular formula is C15H20N2O3. The molecule has 0 saturated carbocycles. The normalized spacial score (nSPS) is 12.6. The maximum atomic E-state index is 11.7. The molecular weight excluding hydrogens is 256 g/mol. The molecule has 1 amide bonds. The summed E-state index contributed by atoms with van der Waals surface area (Å²) in [6, 6.07) is 6.16. The van der Waals surface area contributed by atoms with Gasteiger partial charge in [0.15, 0.2) is 0 Å². The zero-order valence-corrected chi connectivity index (χ0v) is 11.7. The van der Waals surface area contributed by atoms with E-state index in [0.29, 0.717) is 12.1 Å². The highest BCUT2D eigenvalue weighted by molar-refractivity contribution is 5.94. The van der Waals surface area contributed by atoms with E-state index < -0.39 is 17.9 Å². The predicted molar refractivity (Wildman–Crippen MR) is 78.9 cm³/mol. The Balaban J connectivity index is 2.61. The predicted octanol–water partition coefficient (Wildman–Crippen LogP) is 1.90. The van der Waals surface area contributed by atoms with Crippen LogP contribution in [0.3, 0.4) is 0 Å². The summed E-state index contributed by atoms with van der Waals surface area (Å²) < 4.78 is 0. The van der Waals surface area contributed by atoms with Crippen LogP contribution >= 0.6 is 0 Å². The molecule has 0 aromatic heterocycles. The van der Waals surface area contributed by atoms with Crippen LogP contribution in [0.4, 0.5) is 5.69 Å². The van der Waals surface area contributed by atoms with E-state index in [4.69, 9.17) is 10.8 Å². The summed E-state index contributed by atoms with van der Waals surface area (Å²) in [7, 11) is 0. The van der Waals surface area contributed by atoms with Crippen LogP contribution in [0.25, 0.3) is 6.08 Å². The maximum absolute atomic E-state index is 11.7. The largest absolute Gasteiger partial charge is 0.480 e. The first-order valence-electron chi connectivity index (χ1n) is 6.45. The van der Waals surface area contributed by atoms with Gasteiger partial charge in [0.2, 0.25) is 5.91 Å². The van der Waals surface area contributed by atoms with Gasteiger partial charge in [0.25, 0.3) is 0 Å². The molecule has 0 aliphatic carbocycles. The highest BCUT2D eigenvalue weighted by Gasteiger charge is 2.19. The zero-order chi connectivity index (χ0) is 15.1. The molecule has 1 rings (SSSR count). The van der Waals surface area contributed by atoms with Gasteiger partial charge in [0.05, 0.1) is 0 Å². The van der Waals surface area contributed by atoms with Crippen LogP contribution < -0.4 is 11.1 Å². The lowest BCUT2D eigenvalue weighted by Gasteiger charge is -2.15. The molecule has 0 bridgehead atoms. The van der Waals surface area contributed by atoms with E-state index in [9.17, 15) is 9.59 Å². The molecule has 4 N–H and O–H groups in total. The van der Waals surface area contributed by atoms with Gasteiger partial charge in [-0.05, 0) is 36.1 Å². The third-order valence-corrected chi connectivity index (χ3v) is 2.69. The van der Waals surface area contributed by atoms with Gasteiger partial charge < -0.3 is 16.2 Å². The highest BCUT2D eigenvalue weighted by Crippen LogP contribution is 2.08. The van der Waals surface area contributed by atoms with Crippen molar-refractivity contribution >= 4 is 23.6 Å². The van der Waals surface area contributed by atoms with E-state index in [1.54, 1.807) is 30.3 Å². The number of nitrogen functional groups attached to an aromatic ring is 1. The van der Waals surface area contributed by atoms with Crippen LogP contribution in [0.2, 0.25) is 0 Å².